The summed E-state index contributed by atoms with van der Waals surface area (Å²) in [5.41, 5.74) is 0.909. The second-order valence-electron chi connectivity index (χ2n) is 6.06. The van der Waals surface area contributed by atoms with E-state index in [1.165, 1.54) is 18.2 Å². The summed E-state index contributed by atoms with van der Waals surface area (Å²) >= 11 is 5.84. The van der Waals surface area contributed by atoms with Gasteiger partial charge in [0.05, 0.1) is 0 Å². The zero-order chi connectivity index (χ0) is 17.8. The molecule has 0 radical (unpaired) electrons. The average Bonchev–Trinajstić information content (AvgIpc) is 2.62. The molecule has 2 aromatic carbocycles. The lowest BCUT2D eigenvalue weighted by atomic mass is 10.0. The summed E-state index contributed by atoms with van der Waals surface area (Å²) in [6.45, 7) is 1.13. The number of halogens is 2. The molecule has 2 aromatic rings. The third kappa shape index (κ3) is 4.37. The van der Waals surface area contributed by atoms with Gasteiger partial charge in [0, 0.05) is 35.3 Å². The molecule has 0 atom stereocenters. The quantitative estimate of drug-likeness (QED) is 0.910. The molecule has 0 bridgehead atoms. The molecule has 0 aliphatic carbocycles. The minimum atomic E-state index is -0.434. The summed E-state index contributed by atoms with van der Waals surface area (Å²) < 4.78 is 13.2. The molecule has 2 amide bonds. The monoisotopic (exact) mass is 360 g/mol. The van der Waals surface area contributed by atoms with Gasteiger partial charge < -0.3 is 10.2 Å². The molecule has 1 aliphatic rings. The maximum Gasteiger partial charge on any atom is 0.253 e. The van der Waals surface area contributed by atoms with Gasteiger partial charge in [-0.15, -0.1) is 0 Å². The highest BCUT2D eigenvalue weighted by molar-refractivity contribution is 6.30. The SMILES string of the molecule is O=C(NC1CCN(C(=O)c2ccc(Cl)cc2)CC1)c1cccc(F)c1. The fourth-order valence-corrected chi connectivity index (χ4v) is 3.03. The summed E-state index contributed by atoms with van der Waals surface area (Å²) in [4.78, 5) is 26.4. The maximum absolute atomic E-state index is 13.2. The predicted molar refractivity (Wildman–Crippen MR) is 94.2 cm³/mol. The Bertz CT molecular complexity index is 771. The number of nitrogens with zero attached hydrogens (tertiary/aromatic N) is 1. The van der Waals surface area contributed by atoms with E-state index >= 15 is 0 Å². The van der Waals surface area contributed by atoms with Crippen LogP contribution in [0.5, 0.6) is 0 Å². The van der Waals surface area contributed by atoms with Crippen molar-refractivity contribution in [1.82, 2.24) is 10.2 Å². The third-order valence-corrected chi connectivity index (χ3v) is 4.55. The van der Waals surface area contributed by atoms with E-state index in [0.29, 0.717) is 42.1 Å². The van der Waals surface area contributed by atoms with E-state index < -0.39 is 5.82 Å². The Kier molecular flexibility index (Phi) is 5.34. The number of amides is 2. The van der Waals surface area contributed by atoms with Crippen LogP contribution in [-0.2, 0) is 0 Å². The molecule has 0 unspecified atom stereocenters. The minimum absolute atomic E-state index is 0.0231. The highest BCUT2D eigenvalue weighted by Crippen LogP contribution is 2.16. The molecule has 1 heterocycles. The zero-order valence-electron chi connectivity index (χ0n) is 13.5. The van der Waals surface area contributed by atoms with E-state index in [1.807, 2.05) is 0 Å². The van der Waals surface area contributed by atoms with Gasteiger partial charge in [-0.2, -0.15) is 0 Å². The van der Waals surface area contributed by atoms with Crippen LogP contribution in [0.2, 0.25) is 5.02 Å². The molecule has 0 aromatic heterocycles. The second kappa shape index (κ2) is 7.66. The minimum Gasteiger partial charge on any atom is -0.349 e. The molecule has 1 aliphatic heterocycles. The van der Waals surface area contributed by atoms with Crippen LogP contribution in [0.25, 0.3) is 0 Å². The molecule has 0 spiro atoms. The van der Waals surface area contributed by atoms with Crippen molar-refractivity contribution in [1.29, 1.82) is 0 Å². The van der Waals surface area contributed by atoms with Gasteiger partial charge in [-0.1, -0.05) is 17.7 Å². The van der Waals surface area contributed by atoms with E-state index in [9.17, 15) is 14.0 Å². The van der Waals surface area contributed by atoms with Crippen molar-refractivity contribution in [2.24, 2.45) is 0 Å². The number of hydrogen-bond donors (Lipinski definition) is 1. The summed E-state index contributed by atoms with van der Waals surface area (Å²) in [6.07, 6.45) is 1.33. The van der Waals surface area contributed by atoms with E-state index in [1.54, 1.807) is 35.2 Å². The van der Waals surface area contributed by atoms with Crippen LogP contribution < -0.4 is 5.32 Å². The predicted octanol–water partition coefficient (Wildman–Crippen LogP) is 3.51. The van der Waals surface area contributed by atoms with Gasteiger partial charge in [-0.25, -0.2) is 4.39 Å². The first kappa shape index (κ1) is 17.4. The highest BCUT2D eigenvalue weighted by atomic mass is 35.5. The molecule has 4 nitrogen and oxygen atoms in total. The van der Waals surface area contributed by atoms with Gasteiger partial charge in [-0.3, -0.25) is 9.59 Å². The summed E-state index contributed by atoms with van der Waals surface area (Å²) in [6, 6.07) is 12.4. The first-order valence-electron chi connectivity index (χ1n) is 8.14. The highest BCUT2D eigenvalue weighted by Gasteiger charge is 2.24. The molecule has 6 heteroatoms. The van der Waals surface area contributed by atoms with E-state index in [0.717, 1.165) is 0 Å². The number of nitrogens with one attached hydrogen (secondary N) is 1. The molecule has 0 saturated carbocycles. The Hall–Kier alpha value is -2.40. The number of carbonyl (C=O) groups excluding carboxylic acids is 2. The fourth-order valence-electron chi connectivity index (χ4n) is 2.90. The number of hydrogen-bond acceptors (Lipinski definition) is 2. The van der Waals surface area contributed by atoms with Crippen molar-refractivity contribution in [2.45, 2.75) is 18.9 Å². The zero-order valence-corrected chi connectivity index (χ0v) is 14.3. The topological polar surface area (TPSA) is 49.4 Å². The molecule has 3 rings (SSSR count). The van der Waals surface area contributed by atoms with Crippen LogP contribution in [-0.4, -0.2) is 35.8 Å². The first-order valence-corrected chi connectivity index (χ1v) is 8.52. The Morgan fingerprint density at radius 1 is 1.04 bits per heavy atom. The molecular weight excluding hydrogens is 343 g/mol. The average molecular weight is 361 g/mol. The van der Waals surface area contributed by atoms with Crippen LogP contribution >= 0.6 is 11.6 Å². The van der Waals surface area contributed by atoms with Gasteiger partial charge in [0.2, 0.25) is 0 Å². The molecule has 25 heavy (non-hydrogen) atoms. The number of piperidine rings is 1. The van der Waals surface area contributed by atoms with Crippen LogP contribution in [0.4, 0.5) is 4.39 Å². The first-order chi connectivity index (χ1) is 12.0. The Morgan fingerprint density at radius 3 is 2.36 bits per heavy atom. The van der Waals surface area contributed by atoms with Crippen molar-refractivity contribution >= 4 is 23.4 Å². The van der Waals surface area contributed by atoms with Crippen LogP contribution in [0.15, 0.2) is 48.5 Å². The van der Waals surface area contributed by atoms with Gasteiger partial charge in [0.1, 0.15) is 5.82 Å². The molecular formula is C19H18ClFN2O2. The smallest absolute Gasteiger partial charge is 0.253 e. The lowest BCUT2D eigenvalue weighted by Crippen LogP contribution is -2.46. The summed E-state index contributed by atoms with van der Waals surface area (Å²) in [5, 5.41) is 3.50. The second-order valence-corrected chi connectivity index (χ2v) is 6.49. The van der Waals surface area contributed by atoms with E-state index in [4.69, 9.17) is 11.6 Å². The Balaban J connectivity index is 1.54. The van der Waals surface area contributed by atoms with Crippen molar-refractivity contribution in [3.63, 3.8) is 0 Å². The van der Waals surface area contributed by atoms with E-state index in [-0.39, 0.29) is 17.9 Å². The number of carbonyl (C=O) groups is 2. The number of rotatable bonds is 3. The van der Waals surface area contributed by atoms with Crippen molar-refractivity contribution < 1.29 is 14.0 Å². The maximum atomic E-state index is 13.2. The van der Waals surface area contributed by atoms with Gasteiger partial charge in [-0.05, 0) is 55.3 Å². The Morgan fingerprint density at radius 2 is 1.72 bits per heavy atom. The number of likely N-dealkylation sites (tertiary alicyclic amines) is 1. The Labute approximate surface area is 150 Å². The van der Waals surface area contributed by atoms with Gasteiger partial charge in [0.15, 0.2) is 0 Å². The van der Waals surface area contributed by atoms with Crippen molar-refractivity contribution in [3.05, 3.63) is 70.5 Å². The lowest BCUT2D eigenvalue weighted by molar-refractivity contribution is 0.0698. The molecule has 1 N–H and O–H groups in total. The van der Waals surface area contributed by atoms with Crippen molar-refractivity contribution in [3.8, 4) is 0 Å². The molecule has 1 fully saturated rings. The third-order valence-electron chi connectivity index (χ3n) is 4.30. The van der Waals surface area contributed by atoms with Crippen LogP contribution in [0.1, 0.15) is 33.6 Å². The fraction of sp³-hybridized carbons (Fsp3) is 0.263. The number of benzene rings is 2. The van der Waals surface area contributed by atoms with Crippen LogP contribution in [0, 0.1) is 5.82 Å². The van der Waals surface area contributed by atoms with Gasteiger partial charge in [0.25, 0.3) is 11.8 Å². The molecule has 1 saturated heterocycles. The normalized spacial score (nSPS) is 15.0. The summed E-state index contributed by atoms with van der Waals surface area (Å²) in [7, 11) is 0. The van der Waals surface area contributed by atoms with E-state index in [2.05, 4.69) is 5.32 Å². The van der Waals surface area contributed by atoms with Gasteiger partial charge >= 0.3 is 0 Å². The van der Waals surface area contributed by atoms with Crippen molar-refractivity contribution in [2.75, 3.05) is 13.1 Å². The largest absolute Gasteiger partial charge is 0.349 e. The summed E-state index contributed by atoms with van der Waals surface area (Å²) in [5.74, 6) is -0.760. The van der Waals surface area contributed by atoms with Crippen LogP contribution in [0.3, 0.4) is 0 Å². The standard InChI is InChI=1S/C19H18ClFN2O2/c20-15-6-4-13(5-7-15)19(25)23-10-8-17(9-11-23)22-18(24)14-2-1-3-16(21)12-14/h1-7,12,17H,8-11H2,(H,22,24). The molecule has 130 valence electrons. The lowest BCUT2D eigenvalue weighted by Gasteiger charge is -2.32.